The molecule has 2 aromatic rings. The number of carbonyl (C=O) groups is 1. The molecule has 0 spiro atoms. The summed E-state index contributed by atoms with van der Waals surface area (Å²) in [5.74, 6) is 2.53. The van der Waals surface area contributed by atoms with Crippen LogP contribution in [-0.2, 0) is 11.3 Å². The third kappa shape index (κ3) is 4.27. The number of nitrogens with zero attached hydrogens (tertiary/aromatic N) is 3. The smallest absolute Gasteiger partial charge is 0.257 e. The maximum absolute atomic E-state index is 13.0. The summed E-state index contributed by atoms with van der Waals surface area (Å²) in [6.45, 7) is 6.30. The van der Waals surface area contributed by atoms with Gasteiger partial charge >= 0.3 is 0 Å². The molecule has 0 bridgehead atoms. The lowest BCUT2D eigenvalue weighted by molar-refractivity contribution is 0.0301. The Labute approximate surface area is 187 Å². The average Bonchev–Trinajstić information content (AvgIpc) is 3.34. The van der Waals surface area contributed by atoms with Crippen LogP contribution < -0.4 is 14.2 Å². The number of methoxy groups -OCH3 is 1. The van der Waals surface area contributed by atoms with Crippen molar-refractivity contribution in [2.45, 2.75) is 25.3 Å². The molecular formula is C23H30N4O5. The van der Waals surface area contributed by atoms with Crippen molar-refractivity contribution in [3.8, 4) is 17.2 Å². The Morgan fingerprint density at radius 3 is 2.69 bits per heavy atom. The number of amides is 1. The fraction of sp³-hybridized carbons (Fsp3) is 0.565. The first kappa shape index (κ1) is 21.1. The van der Waals surface area contributed by atoms with E-state index in [1.165, 1.54) is 0 Å². The van der Waals surface area contributed by atoms with Gasteiger partial charge in [-0.1, -0.05) is 0 Å². The topological polar surface area (TPSA) is 89.2 Å². The molecule has 4 heterocycles. The SMILES string of the molecule is COc1cc(CN2CCC(c3[nH]ncc3C(=O)N3CCOCC3)CC2)cc2c1OCCO2. The van der Waals surface area contributed by atoms with Gasteiger partial charge in [0, 0.05) is 25.6 Å². The van der Waals surface area contributed by atoms with Gasteiger partial charge in [-0.05, 0) is 43.6 Å². The number of H-pyrrole nitrogens is 1. The quantitative estimate of drug-likeness (QED) is 0.758. The maximum Gasteiger partial charge on any atom is 0.257 e. The minimum Gasteiger partial charge on any atom is -0.493 e. The Balaban J connectivity index is 1.22. The largest absolute Gasteiger partial charge is 0.493 e. The molecule has 32 heavy (non-hydrogen) atoms. The van der Waals surface area contributed by atoms with E-state index in [0.717, 1.165) is 55.2 Å². The second-order valence-electron chi connectivity index (χ2n) is 8.47. The van der Waals surface area contributed by atoms with Crippen LogP contribution in [0.2, 0.25) is 0 Å². The molecule has 0 saturated carbocycles. The van der Waals surface area contributed by atoms with Crippen LogP contribution in [0.3, 0.4) is 0 Å². The second-order valence-corrected chi connectivity index (χ2v) is 8.47. The lowest BCUT2D eigenvalue weighted by Gasteiger charge is -2.33. The van der Waals surface area contributed by atoms with Crippen molar-refractivity contribution in [2.75, 3.05) is 59.7 Å². The average molecular weight is 443 g/mol. The number of carbonyl (C=O) groups excluding carboxylic acids is 1. The molecule has 2 saturated heterocycles. The van der Waals surface area contributed by atoms with Gasteiger partial charge in [-0.2, -0.15) is 5.10 Å². The monoisotopic (exact) mass is 442 g/mol. The fourth-order valence-electron chi connectivity index (χ4n) is 4.77. The fourth-order valence-corrected chi connectivity index (χ4v) is 4.77. The minimum atomic E-state index is 0.0582. The molecule has 1 amide bonds. The third-order valence-corrected chi connectivity index (χ3v) is 6.49. The van der Waals surface area contributed by atoms with Crippen LogP contribution in [0.4, 0.5) is 0 Å². The molecule has 0 aliphatic carbocycles. The van der Waals surface area contributed by atoms with Crippen LogP contribution >= 0.6 is 0 Å². The van der Waals surface area contributed by atoms with E-state index in [-0.39, 0.29) is 5.91 Å². The maximum atomic E-state index is 13.0. The van der Waals surface area contributed by atoms with Crippen molar-refractivity contribution in [3.63, 3.8) is 0 Å². The van der Waals surface area contributed by atoms with Gasteiger partial charge in [0.1, 0.15) is 13.2 Å². The summed E-state index contributed by atoms with van der Waals surface area (Å²) >= 11 is 0. The van der Waals surface area contributed by atoms with Crippen LogP contribution in [0.5, 0.6) is 17.2 Å². The van der Waals surface area contributed by atoms with E-state index in [1.807, 2.05) is 11.0 Å². The van der Waals surface area contributed by atoms with Gasteiger partial charge in [-0.3, -0.25) is 14.8 Å². The van der Waals surface area contributed by atoms with Crippen LogP contribution in [0.15, 0.2) is 18.3 Å². The first-order valence-electron chi connectivity index (χ1n) is 11.3. The van der Waals surface area contributed by atoms with Crippen molar-refractivity contribution < 1.29 is 23.7 Å². The summed E-state index contributed by atoms with van der Waals surface area (Å²) in [4.78, 5) is 17.3. The zero-order valence-electron chi connectivity index (χ0n) is 18.5. The highest BCUT2D eigenvalue weighted by atomic mass is 16.6. The lowest BCUT2D eigenvalue weighted by Crippen LogP contribution is -2.41. The predicted molar refractivity (Wildman–Crippen MR) is 117 cm³/mol. The van der Waals surface area contributed by atoms with Crippen LogP contribution in [0, 0.1) is 0 Å². The van der Waals surface area contributed by atoms with Crippen molar-refractivity contribution in [1.82, 2.24) is 20.0 Å². The highest BCUT2D eigenvalue weighted by molar-refractivity contribution is 5.95. The van der Waals surface area contributed by atoms with E-state index in [2.05, 4.69) is 21.2 Å². The number of nitrogens with one attached hydrogen (secondary N) is 1. The number of benzene rings is 1. The number of aromatic nitrogens is 2. The molecule has 0 unspecified atom stereocenters. The summed E-state index contributed by atoms with van der Waals surface area (Å²) in [6, 6.07) is 4.09. The van der Waals surface area contributed by atoms with Crippen molar-refractivity contribution in [1.29, 1.82) is 0 Å². The van der Waals surface area contributed by atoms with Crippen LogP contribution in [0.25, 0.3) is 0 Å². The van der Waals surface area contributed by atoms with E-state index in [1.54, 1.807) is 13.3 Å². The number of aromatic amines is 1. The zero-order chi connectivity index (χ0) is 21.9. The standard InChI is InChI=1S/C23H30N4O5/c1-29-19-12-16(13-20-22(19)32-11-10-31-20)15-26-4-2-17(3-5-26)21-18(14-24-25-21)23(28)27-6-8-30-9-7-27/h12-14,17H,2-11,15H2,1H3,(H,24,25). The van der Waals surface area contributed by atoms with Gasteiger partial charge in [0.25, 0.3) is 5.91 Å². The van der Waals surface area contributed by atoms with Gasteiger partial charge < -0.3 is 23.8 Å². The van der Waals surface area contributed by atoms with Crippen molar-refractivity contribution >= 4 is 5.91 Å². The van der Waals surface area contributed by atoms with Gasteiger partial charge in [0.2, 0.25) is 5.75 Å². The Morgan fingerprint density at radius 1 is 1.12 bits per heavy atom. The minimum absolute atomic E-state index is 0.0582. The summed E-state index contributed by atoms with van der Waals surface area (Å²) < 4.78 is 22.4. The molecule has 5 rings (SSSR count). The lowest BCUT2D eigenvalue weighted by atomic mass is 9.91. The zero-order valence-corrected chi connectivity index (χ0v) is 18.5. The number of likely N-dealkylation sites (tertiary alicyclic amines) is 1. The molecule has 1 aromatic carbocycles. The Hall–Kier alpha value is -2.78. The van der Waals surface area contributed by atoms with E-state index in [9.17, 15) is 4.79 Å². The summed E-state index contributed by atoms with van der Waals surface area (Å²) in [5, 5.41) is 7.32. The third-order valence-electron chi connectivity index (χ3n) is 6.49. The normalized spacial score (nSPS) is 19.7. The predicted octanol–water partition coefficient (Wildman–Crippen LogP) is 2.04. The molecule has 0 radical (unpaired) electrons. The first-order valence-corrected chi connectivity index (χ1v) is 11.3. The molecule has 3 aliphatic rings. The number of fused-ring (bicyclic) bond motifs is 1. The van der Waals surface area contributed by atoms with Gasteiger partial charge in [-0.25, -0.2) is 0 Å². The van der Waals surface area contributed by atoms with Gasteiger partial charge in [-0.15, -0.1) is 0 Å². The molecule has 3 aliphatic heterocycles. The summed E-state index contributed by atoms with van der Waals surface area (Å²) in [7, 11) is 1.66. The van der Waals surface area contributed by atoms with Gasteiger partial charge in [0.05, 0.1) is 37.8 Å². The van der Waals surface area contributed by atoms with Crippen LogP contribution in [-0.4, -0.2) is 85.6 Å². The number of hydrogen-bond donors (Lipinski definition) is 1. The molecule has 0 atom stereocenters. The summed E-state index contributed by atoms with van der Waals surface area (Å²) in [5.41, 5.74) is 2.83. The molecule has 2 fully saturated rings. The molecule has 172 valence electrons. The van der Waals surface area contributed by atoms with Crippen LogP contribution in [0.1, 0.15) is 40.4 Å². The van der Waals surface area contributed by atoms with E-state index in [4.69, 9.17) is 18.9 Å². The Kier molecular flexibility index (Phi) is 6.18. The number of rotatable bonds is 5. The Morgan fingerprint density at radius 2 is 1.91 bits per heavy atom. The highest BCUT2D eigenvalue weighted by Crippen LogP contribution is 2.41. The Bertz CT molecular complexity index is 931. The van der Waals surface area contributed by atoms with Crippen molar-refractivity contribution in [2.24, 2.45) is 0 Å². The number of morpholine rings is 1. The first-order chi connectivity index (χ1) is 15.7. The highest BCUT2D eigenvalue weighted by Gasteiger charge is 2.29. The number of piperidine rings is 1. The van der Waals surface area contributed by atoms with Gasteiger partial charge in [0.15, 0.2) is 11.5 Å². The number of hydrogen-bond acceptors (Lipinski definition) is 7. The molecule has 1 aromatic heterocycles. The van der Waals surface area contributed by atoms with E-state index >= 15 is 0 Å². The van der Waals surface area contributed by atoms with Crippen molar-refractivity contribution in [3.05, 3.63) is 35.2 Å². The molecule has 1 N–H and O–H groups in total. The molecular weight excluding hydrogens is 412 g/mol. The molecule has 9 nitrogen and oxygen atoms in total. The van der Waals surface area contributed by atoms with E-state index < -0.39 is 0 Å². The van der Waals surface area contributed by atoms with E-state index in [0.29, 0.717) is 56.7 Å². The second kappa shape index (κ2) is 9.38. The molecule has 9 heteroatoms. The number of ether oxygens (including phenoxy) is 4. The summed E-state index contributed by atoms with van der Waals surface area (Å²) in [6.07, 6.45) is 3.64.